The van der Waals surface area contributed by atoms with Crippen LogP contribution in [0.3, 0.4) is 0 Å². The highest BCUT2D eigenvalue weighted by Crippen LogP contribution is 2.35. The lowest BCUT2D eigenvalue weighted by Crippen LogP contribution is -2.47. The molecule has 2 heterocycles. The van der Waals surface area contributed by atoms with Gasteiger partial charge in [0, 0.05) is 12.1 Å². The molecule has 0 saturated carbocycles. The van der Waals surface area contributed by atoms with Gasteiger partial charge in [0.05, 0.1) is 6.54 Å². The van der Waals surface area contributed by atoms with E-state index >= 15 is 0 Å². The number of amides is 1. The number of hydrogen-bond acceptors (Lipinski definition) is 5. The fourth-order valence-corrected chi connectivity index (χ4v) is 2.86. The molecule has 0 bridgehead atoms. The van der Waals surface area contributed by atoms with Gasteiger partial charge in [-0.3, -0.25) is 4.90 Å². The lowest BCUT2D eigenvalue weighted by molar-refractivity contribution is -0.154. The number of aliphatic carboxylic acids is 2. The molecule has 2 atom stereocenters. The van der Waals surface area contributed by atoms with Crippen molar-refractivity contribution in [3.63, 3.8) is 0 Å². The predicted molar refractivity (Wildman–Crippen MR) is 78.4 cm³/mol. The van der Waals surface area contributed by atoms with Crippen molar-refractivity contribution in [2.24, 2.45) is 0 Å². The van der Waals surface area contributed by atoms with Gasteiger partial charge in [-0.15, -0.1) is 0 Å². The Kier molecular flexibility index (Phi) is 4.46. The Labute approximate surface area is 138 Å². The van der Waals surface area contributed by atoms with E-state index in [9.17, 15) is 19.5 Å². The number of halogens is 1. The minimum atomic E-state index is -2.00. The first-order valence-corrected chi connectivity index (χ1v) is 7.23. The zero-order chi connectivity index (χ0) is 17.4. The minimum absolute atomic E-state index is 0.0920. The largest absolute Gasteiger partial charge is 0.480 e. The number of likely N-dealkylation sites (tertiary alicyclic amines) is 1. The van der Waals surface area contributed by atoms with Crippen molar-refractivity contribution in [2.45, 2.75) is 25.0 Å². The number of carboxylic acid groups (broad SMARTS) is 3. The number of ether oxygens (including phenoxy) is 1. The molecule has 1 aliphatic rings. The van der Waals surface area contributed by atoms with Crippen LogP contribution in [0.4, 0.5) is 4.79 Å². The van der Waals surface area contributed by atoms with Crippen molar-refractivity contribution in [2.75, 3.05) is 6.54 Å². The van der Waals surface area contributed by atoms with Crippen molar-refractivity contribution >= 4 is 34.0 Å². The monoisotopic (exact) mass is 388 g/mol. The van der Waals surface area contributed by atoms with Gasteiger partial charge in [0.1, 0.15) is 10.6 Å². The maximum absolute atomic E-state index is 11.7. The Morgan fingerprint density at radius 1 is 1.35 bits per heavy atom. The van der Waals surface area contributed by atoms with E-state index in [2.05, 4.69) is 20.9 Å². The first-order valence-electron chi connectivity index (χ1n) is 6.44. The van der Waals surface area contributed by atoms with Crippen LogP contribution in [0.15, 0.2) is 16.7 Å². The Morgan fingerprint density at radius 3 is 2.43 bits per heavy atom. The van der Waals surface area contributed by atoms with E-state index in [1.807, 2.05) is 0 Å². The standard InChI is InChI=1S/C13H13BrN2O7/c1-6-2-3-8(9(14)15-6)23-13(11(19)20)4-7(10(17)18)16(5-13)12(21)22/h2-3,7H,4-5H2,1H3,(H,17,18)(H,19,20)(H,21,22)/t7-,13+/m0/s1. The molecular weight excluding hydrogens is 376 g/mol. The van der Waals surface area contributed by atoms with E-state index in [4.69, 9.17) is 14.9 Å². The van der Waals surface area contributed by atoms with Crippen LogP contribution in [0.25, 0.3) is 0 Å². The molecule has 0 aromatic carbocycles. The normalized spacial score (nSPS) is 23.6. The van der Waals surface area contributed by atoms with Gasteiger partial charge in [0.15, 0.2) is 5.75 Å². The molecule has 1 amide bonds. The third-order valence-corrected chi connectivity index (χ3v) is 4.07. The molecule has 1 aromatic heterocycles. The van der Waals surface area contributed by atoms with E-state index in [1.54, 1.807) is 13.0 Å². The molecule has 1 aliphatic heterocycles. The van der Waals surface area contributed by atoms with E-state index < -0.39 is 42.6 Å². The van der Waals surface area contributed by atoms with E-state index in [1.165, 1.54) is 6.07 Å². The smallest absolute Gasteiger partial charge is 0.408 e. The number of hydrogen-bond donors (Lipinski definition) is 3. The number of pyridine rings is 1. The molecule has 0 aliphatic carbocycles. The number of carboxylic acids is 2. The summed E-state index contributed by atoms with van der Waals surface area (Å²) in [6, 6.07) is 1.57. The van der Waals surface area contributed by atoms with Gasteiger partial charge in [-0.05, 0) is 35.0 Å². The van der Waals surface area contributed by atoms with Gasteiger partial charge >= 0.3 is 18.0 Å². The summed E-state index contributed by atoms with van der Waals surface area (Å²) in [6.07, 6.45) is -2.03. The van der Waals surface area contributed by atoms with Crippen molar-refractivity contribution in [3.8, 4) is 5.75 Å². The third-order valence-electron chi connectivity index (χ3n) is 3.50. The summed E-state index contributed by atoms with van der Waals surface area (Å²) in [5.41, 5.74) is -1.34. The quantitative estimate of drug-likeness (QED) is 0.653. The van der Waals surface area contributed by atoms with Crippen LogP contribution in [0, 0.1) is 6.92 Å². The summed E-state index contributed by atoms with van der Waals surface area (Å²) in [6.45, 7) is 1.12. The summed E-state index contributed by atoms with van der Waals surface area (Å²) in [5.74, 6) is -2.78. The lowest BCUT2D eigenvalue weighted by atomic mass is 10.00. The highest BCUT2D eigenvalue weighted by molar-refractivity contribution is 9.10. The molecular formula is C13H13BrN2O7. The van der Waals surface area contributed by atoms with Gasteiger partial charge in [0.25, 0.3) is 0 Å². The van der Waals surface area contributed by atoms with Crippen LogP contribution < -0.4 is 4.74 Å². The SMILES string of the molecule is Cc1ccc(O[C@]2(C(=O)O)C[C@@H](C(=O)O)N(C(=O)O)C2)c(Br)n1. The number of aryl methyl sites for hydroxylation is 1. The Balaban J connectivity index is 2.39. The van der Waals surface area contributed by atoms with E-state index in [-0.39, 0.29) is 10.4 Å². The predicted octanol–water partition coefficient (Wildman–Crippen LogP) is 1.19. The molecule has 23 heavy (non-hydrogen) atoms. The molecule has 9 nitrogen and oxygen atoms in total. The second kappa shape index (κ2) is 6.03. The number of nitrogens with zero attached hydrogens (tertiary/aromatic N) is 2. The maximum atomic E-state index is 11.7. The Bertz CT molecular complexity index is 656. The molecule has 10 heteroatoms. The minimum Gasteiger partial charge on any atom is -0.480 e. The molecule has 0 radical (unpaired) electrons. The van der Waals surface area contributed by atoms with Crippen LogP contribution in [-0.4, -0.2) is 61.4 Å². The third kappa shape index (κ3) is 3.21. The fourth-order valence-electron chi connectivity index (χ4n) is 2.37. The maximum Gasteiger partial charge on any atom is 0.408 e. The fraction of sp³-hybridized carbons (Fsp3) is 0.385. The molecule has 1 aromatic rings. The number of carbonyl (C=O) groups is 3. The molecule has 0 spiro atoms. The lowest BCUT2D eigenvalue weighted by Gasteiger charge is -2.25. The summed E-state index contributed by atoms with van der Waals surface area (Å²) in [7, 11) is 0. The van der Waals surface area contributed by atoms with Crippen molar-refractivity contribution in [1.29, 1.82) is 0 Å². The van der Waals surface area contributed by atoms with E-state index in [0.29, 0.717) is 10.6 Å². The average molecular weight is 389 g/mol. The summed E-state index contributed by atoms with van der Waals surface area (Å²) in [4.78, 5) is 38.7. The molecule has 1 saturated heterocycles. The van der Waals surface area contributed by atoms with Gasteiger partial charge in [-0.1, -0.05) is 0 Å². The van der Waals surface area contributed by atoms with Crippen LogP contribution in [0.1, 0.15) is 12.1 Å². The van der Waals surface area contributed by atoms with Crippen LogP contribution in [0.2, 0.25) is 0 Å². The van der Waals surface area contributed by atoms with Crippen LogP contribution >= 0.6 is 15.9 Å². The van der Waals surface area contributed by atoms with Gasteiger partial charge in [-0.2, -0.15) is 0 Å². The number of aromatic nitrogens is 1. The van der Waals surface area contributed by atoms with Crippen molar-refractivity contribution in [1.82, 2.24) is 9.88 Å². The first kappa shape index (κ1) is 17.0. The zero-order valence-corrected chi connectivity index (χ0v) is 13.5. The van der Waals surface area contributed by atoms with Crippen LogP contribution in [-0.2, 0) is 9.59 Å². The topological polar surface area (TPSA) is 137 Å². The number of rotatable bonds is 4. The zero-order valence-electron chi connectivity index (χ0n) is 11.9. The van der Waals surface area contributed by atoms with Gasteiger partial charge in [0.2, 0.25) is 5.60 Å². The highest BCUT2D eigenvalue weighted by atomic mass is 79.9. The molecule has 0 unspecified atom stereocenters. The van der Waals surface area contributed by atoms with Crippen molar-refractivity contribution < 1.29 is 34.4 Å². The molecule has 2 rings (SSSR count). The summed E-state index contributed by atoms with van der Waals surface area (Å²) < 4.78 is 5.74. The molecule has 1 fully saturated rings. The average Bonchev–Trinajstić information content (AvgIpc) is 2.84. The second-order valence-electron chi connectivity index (χ2n) is 5.11. The second-order valence-corrected chi connectivity index (χ2v) is 5.86. The van der Waals surface area contributed by atoms with Gasteiger partial charge in [-0.25, -0.2) is 19.4 Å². The highest BCUT2D eigenvalue weighted by Gasteiger charge is 2.56. The Hall–Kier alpha value is -2.36. The molecule has 3 N–H and O–H groups in total. The first-order chi connectivity index (χ1) is 10.7. The summed E-state index contributed by atoms with van der Waals surface area (Å²) >= 11 is 3.14. The van der Waals surface area contributed by atoms with E-state index in [0.717, 1.165) is 0 Å². The summed E-state index contributed by atoms with van der Waals surface area (Å²) in [5, 5.41) is 27.7. The van der Waals surface area contributed by atoms with Crippen molar-refractivity contribution in [3.05, 3.63) is 22.4 Å². The Morgan fingerprint density at radius 2 is 2.00 bits per heavy atom. The molecule has 124 valence electrons. The van der Waals surface area contributed by atoms with Crippen LogP contribution in [0.5, 0.6) is 5.75 Å². The van der Waals surface area contributed by atoms with Gasteiger partial charge < -0.3 is 20.1 Å².